The Balaban J connectivity index is 0.000000182. The molecule has 10 heterocycles. The zero-order valence-corrected chi connectivity index (χ0v) is 53.2. The van der Waals surface area contributed by atoms with Crippen molar-refractivity contribution >= 4 is 160 Å². The minimum absolute atomic E-state index is 0. The number of carbonyl (C=O) groups excluding carboxylic acids is 5. The van der Waals surface area contributed by atoms with Crippen LogP contribution in [0.1, 0.15) is 79.3 Å². The number of Topliss-reactive ketones (excluding diaryl/α,β-unsaturated/α-hetero) is 2. The lowest BCUT2D eigenvalue weighted by Gasteiger charge is -2.26. The van der Waals surface area contributed by atoms with Crippen LogP contribution >= 0.6 is 57.8 Å². The van der Waals surface area contributed by atoms with E-state index in [-0.39, 0.29) is 99.2 Å². The number of ketones is 2. The first kappa shape index (κ1) is 66.0. The summed E-state index contributed by atoms with van der Waals surface area (Å²) in [7, 11) is 0. The molecule has 4 aliphatic rings. The molecule has 6 atom stereocenters. The minimum Gasteiger partial charge on any atom is -0.480 e. The van der Waals surface area contributed by atoms with Crippen molar-refractivity contribution in [2.45, 2.75) is 98.1 Å². The fourth-order valence-electron chi connectivity index (χ4n) is 10.7. The highest BCUT2D eigenvalue weighted by molar-refractivity contribution is 9.10. The Hall–Kier alpha value is -8.00. The first-order chi connectivity index (χ1) is 40.9. The molecule has 2 saturated carbocycles. The number of likely N-dealkylation sites (tertiary alicyclic amines) is 1. The van der Waals surface area contributed by atoms with Crippen LogP contribution in [0, 0.1) is 25.7 Å². The van der Waals surface area contributed by atoms with E-state index in [4.69, 9.17) is 5.11 Å². The Kier molecular flexibility index (Phi) is 20.7. The van der Waals surface area contributed by atoms with E-state index in [1.165, 1.54) is 31.1 Å². The third kappa shape index (κ3) is 14.0. The molecule has 88 heavy (non-hydrogen) atoms. The molecule has 14 rings (SSSR count). The quantitative estimate of drug-likeness (QED) is 0.0845. The average Bonchev–Trinajstić information content (AvgIpc) is 1.69. The molecule has 10 aromatic rings. The molecule has 8 aromatic heterocycles. The molecule has 0 spiro atoms. The fourth-order valence-corrected chi connectivity index (χ4v) is 11.3. The van der Waals surface area contributed by atoms with Crippen molar-refractivity contribution in [3.05, 3.63) is 130 Å². The van der Waals surface area contributed by atoms with Gasteiger partial charge >= 0.3 is 5.97 Å². The summed E-state index contributed by atoms with van der Waals surface area (Å²) in [4.78, 5) is 102. The summed E-state index contributed by atoms with van der Waals surface area (Å²) in [6.07, 6.45) is 17.3. The van der Waals surface area contributed by atoms with Gasteiger partial charge in [0, 0.05) is 107 Å². The van der Waals surface area contributed by atoms with Gasteiger partial charge < -0.3 is 26.0 Å². The van der Waals surface area contributed by atoms with Crippen LogP contribution in [0.5, 0.6) is 0 Å². The zero-order valence-electron chi connectivity index (χ0n) is 46.5. The summed E-state index contributed by atoms with van der Waals surface area (Å²) >= 11 is 14.0. The fraction of sp³-hybridized carbons (Fsp3) is 0.298. The molecule has 2 aliphatic carbocycles. The van der Waals surface area contributed by atoms with E-state index in [0.717, 1.165) is 52.1 Å². The van der Waals surface area contributed by atoms with Crippen molar-refractivity contribution in [1.29, 1.82) is 0 Å². The maximum Gasteiger partial charge on any atom is 0.325 e. The number of benzene rings is 2. The number of aliphatic carboxylic acids is 1. The lowest BCUT2D eigenvalue weighted by atomic mass is 10.0. The number of nitrogens with zero attached hydrogens (tertiary/aromatic N) is 15. The normalized spacial score (nSPS) is 18.1. The van der Waals surface area contributed by atoms with Gasteiger partial charge in [-0.25, -0.2) is 29.0 Å². The molecular formula is C57H57Br2ClN18O7S3. The van der Waals surface area contributed by atoms with Crippen molar-refractivity contribution in [3.8, 4) is 22.3 Å². The number of rotatable bonds is 12. The van der Waals surface area contributed by atoms with Crippen molar-refractivity contribution in [3.63, 3.8) is 0 Å². The largest absolute Gasteiger partial charge is 0.480 e. The number of carbonyl (C=O) groups is 6. The lowest BCUT2D eigenvalue weighted by Crippen LogP contribution is -2.46. The van der Waals surface area contributed by atoms with E-state index >= 15 is 0 Å². The number of carboxylic acid groups (broad SMARTS) is 1. The number of hydrogen-bond donors (Lipinski definition) is 4. The number of hydrogen-bond acceptors (Lipinski definition) is 19. The predicted octanol–water partition coefficient (Wildman–Crippen LogP) is 7.87. The lowest BCUT2D eigenvalue weighted by molar-refractivity contribution is -0.138. The molecule has 0 unspecified atom stereocenters. The van der Waals surface area contributed by atoms with Crippen LogP contribution in [0.15, 0.2) is 107 Å². The van der Waals surface area contributed by atoms with Crippen molar-refractivity contribution in [2.75, 3.05) is 10.6 Å². The van der Waals surface area contributed by atoms with Gasteiger partial charge in [0.15, 0.2) is 34.5 Å². The number of piperidine rings is 2. The van der Waals surface area contributed by atoms with Gasteiger partial charge in [0.25, 0.3) is 0 Å². The Morgan fingerprint density at radius 3 is 1.61 bits per heavy atom. The van der Waals surface area contributed by atoms with Gasteiger partial charge in [-0.2, -0.15) is 33.9 Å². The zero-order chi connectivity index (χ0) is 60.0. The van der Waals surface area contributed by atoms with E-state index in [1.807, 2.05) is 62.6 Å². The van der Waals surface area contributed by atoms with E-state index < -0.39 is 12.0 Å². The molecule has 25 nitrogen and oxygen atoms in total. The van der Waals surface area contributed by atoms with Crippen LogP contribution in [0.25, 0.3) is 55.4 Å². The Morgan fingerprint density at radius 1 is 0.648 bits per heavy atom. The summed E-state index contributed by atoms with van der Waals surface area (Å²) < 4.78 is 7.45. The van der Waals surface area contributed by atoms with Crippen molar-refractivity contribution < 1.29 is 33.9 Å². The molecular weight excluding hydrogens is 1340 g/mol. The number of halogens is 3. The molecule has 4 fully saturated rings. The third-order valence-corrected chi connectivity index (χ3v) is 16.6. The van der Waals surface area contributed by atoms with Gasteiger partial charge in [0.1, 0.15) is 39.7 Å². The molecule has 456 valence electrons. The summed E-state index contributed by atoms with van der Waals surface area (Å²) in [5.74, 6) is -0.133. The van der Waals surface area contributed by atoms with Gasteiger partial charge in [0.05, 0.1) is 53.3 Å². The molecule has 2 aromatic carbocycles. The second-order valence-corrected chi connectivity index (χ2v) is 22.4. The van der Waals surface area contributed by atoms with Crippen LogP contribution in [-0.2, 0) is 54.6 Å². The maximum absolute atomic E-state index is 13.7. The molecule has 2 aliphatic heterocycles. The first-order valence-corrected chi connectivity index (χ1v) is 29.5. The molecule has 2 saturated heterocycles. The maximum atomic E-state index is 13.7. The molecule has 3 amide bonds. The second-order valence-electron chi connectivity index (χ2n) is 20.9. The first-order valence-electron chi connectivity index (χ1n) is 26.6. The minimum atomic E-state index is -1.02. The standard InChI is InChI=1S/C28H24BrN9O3.C17H13N5O3.C11H13BrN4O.CH4.ClH.S2.H2S/c1-14-27(29)33-23(11-30-14)34-28(41)22-9-17-8-21(17)38(22)25(40)13-36-20-4-3-16(7-19(20)26(35-36)15(2)39)18-10-31-24-5-6-32-37(24)12-18;1-10(23)17-13-6-11(2-3-14(13)21(20-17)9-16(24)25)12-7-18-15-4-5-19-22(15)8-12;1-5-10(12)15-9(4-13-5)16-11(17)8-3-6-2-7(6)14-8;;;1-2;/h3-7,10-12,17,21-22H,8-9,13H2,1-2H3,(H,33,34,41);2-8H,9H2,1H3,(H,24,25);4,6-8,14H,2-3H2,1H3,(H,15,16,17);1H4;1H;;1H2/t17-,21-,22+;;6-,7-,8+;;;;/m1.1..../s1. The highest BCUT2D eigenvalue weighted by Crippen LogP contribution is 2.48. The van der Waals surface area contributed by atoms with E-state index in [2.05, 4.69) is 120 Å². The van der Waals surface area contributed by atoms with Gasteiger partial charge in [-0.1, -0.05) is 19.6 Å². The molecule has 31 heteroatoms. The number of aromatic nitrogens is 14. The smallest absolute Gasteiger partial charge is 0.325 e. The summed E-state index contributed by atoms with van der Waals surface area (Å²) in [6, 6.07) is 14.6. The van der Waals surface area contributed by atoms with Crippen LogP contribution < -0.4 is 16.0 Å². The summed E-state index contributed by atoms with van der Waals surface area (Å²) in [6.45, 7) is 6.14. The SMILES string of the molecule is C.CC(=O)c1nn(CC(=O)N2[C@@H]3C[C@@H]3C[C@H]2C(=O)Nc2cnc(C)c(Br)n2)c2ccc(-c3cnc4ccnn4c3)cc12.CC(=O)c1nn(CC(=O)O)c2ccc(-c3cnc4ccnn4c3)cc12.Cc1ncc(NC(=O)[C@@H]2C[C@H]3C[C@H]3N2)nc1Br.Cl.S.S=S. The van der Waals surface area contributed by atoms with E-state index in [0.29, 0.717) is 72.6 Å². The number of anilines is 2. The van der Waals surface area contributed by atoms with Crippen LogP contribution in [0.4, 0.5) is 11.6 Å². The highest BCUT2D eigenvalue weighted by Gasteiger charge is 2.56. The van der Waals surface area contributed by atoms with Gasteiger partial charge in [-0.05, 0) is 119 Å². The Bertz CT molecular complexity index is 4340. The number of nitrogens with one attached hydrogen (secondary N) is 3. The van der Waals surface area contributed by atoms with E-state index in [9.17, 15) is 28.8 Å². The van der Waals surface area contributed by atoms with Gasteiger partial charge in [-0.3, -0.25) is 48.1 Å². The molecule has 0 radical (unpaired) electrons. The number of amides is 3. The van der Waals surface area contributed by atoms with Gasteiger partial charge in [0.2, 0.25) is 17.7 Å². The average molecular weight is 1400 g/mol. The summed E-state index contributed by atoms with van der Waals surface area (Å²) in [5.41, 5.74) is 8.14. The number of fused-ring (bicyclic) bond motifs is 6. The van der Waals surface area contributed by atoms with Crippen molar-refractivity contribution in [2.24, 2.45) is 11.8 Å². The topological polar surface area (TPSA) is 310 Å². The van der Waals surface area contributed by atoms with Crippen LogP contribution in [0.2, 0.25) is 0 Å². The monoisotopic (exact) mass is 1390 g/mol. The second kappa shape index (κ2) is 27.6. The van der Waals surface area contributed by atoms with Crippen molar-refractivity contribution in [1.82, 2.24) is 78.9 Å². The third-order valence-electron chi connectivity index (χ3n) is 15.1. The molecule has 0 bridgehead atoms. The highest BCUT2D eigenvalue weighted by atomic mass is 79.9. The molecule has 4 N–H and O–H groups in total. The van der Waals surface area contributed by atoms with Crippen LogP contribution in [0.3, 0.4) is 0 Å². The number of carboxylic acids is 1. The van der Waals surface area contributed by atoms with Crippen LogP contribution in [-0.4, -0.2) is 138 Å². The van der Waals surface area contributed by atoms with E-state index in [1.54, 1.807) is 61.7 Å². The Morgan fingerprint density at radius 2 is 1.15 bits per heavy atom. The number of aryl methyl sites for hydroxylation is 2. The summed E-state index contributed by atoms with van der Waals surface area (Å²) in [5, 5.41) is 36.3. The van der Waals surface area contributed by atoms with Gasteiger partial charge in [-0.15, -0.1) is 12.4 Å². The predicted molar refractivity (Wildman–Crippen MR) is 347 cm³/mol. The Labute approximate surface area is 542 Å².